The average molecular weight is 466 g/mol. The summed E-state index contributed by atoms with van der Waals surface area (Å²) in [5, 5.41) is 14.5. The van der Waals surface area contributed by atoms with Crippen LogP contribution in [0.15, 0.2) is 63.8 Å². The highest BCUT2D eigenvalue weighted by molar-refractivity contribution is 7.19. The number of morpholine rings is 1. The van der Waals surface area contributed by atoms with E-state index in [1.54, 1.807) is 36.6 Å². The molecule has 3 aromatic heterocycles. The maximum Gasteiger partial charge on any atom is 0.270 e. The molecule has 0 spiro atoms. The van der Waals surface area contributed by atoms with Crippen molar-refractivity contribution in [3.8, 4) is 22.1 Å². The highest BCUT2D eigenvalue weighted by Crippen LogP contribution is 2.39. The number of amides is 1. The Labute approximate surface area is 191 Å². The van der Waals surface area contributed by atoms with E-state index < -0.39 is 10.8 Å². The third-order valence-corrected chi connectivity index (χ3v) is 6.12. The lowest BCUT2D eigenvalue weighted by molar-refractivity contribution is -0.384. The van der Waals surface area contributed by atoms with Crippen molar-refractivity contribution < 1.29 is 23.3 Å². The van der Waals surface area contributed by atoms with Crippen LogP contribution in [0.2, 0.25) is 0 Å². The number of furan rings is 2. The van der Waals surface area contributed by atoms with E-state index in [1.807, 2.05) is 4.90 Å². The van der Waals surface area contributed by atoms with Gasteiger partial charge in [0.25, 0.3) is 11.6 Å². The summed E-state index contributed by atoms with van der Waals surface area (Å²) in [5.74, 6) is 0.622. The van der Waals surface area contributed by atoms with Crippen molar-refractivity contribution in [2.75, 3.05) is 36.5 Å². The summed E-state index contributed by atoms with van der Waals surface area (Å²) < 4.78 is 16.4. The molecule has 0 saturated carbocycles. The van der Waals surface area contributed by atoms with Gasteiger partial charge in [0.2, 0.25) is 0 Å². The van der Waals surface area contributed by atoms with Gasteiger partial charge in [0.15, 0.2) is 10.9 Å². The third-order valence-electron chi connectivity index (χ3n) is 5.13. The molecule has 1 amide bonds. The minimum atomic E-state index is -0.521. The zero-order chi connectivity index (χ0) is 22.8. The van der Waals surface area contributed by atoms with E-state index in [0.29, 0.717) is 59.2 Å². The van der Waals surface area contributed by atoms with Crippen molar-refractivity contribution >= 4 is 33.8 Å². The SMILES string of the molecule is O=C(Nc1nc(-c2ccco2)c(-c2ccco2)s1)c1cc([N+](=O)[O-])ccc1N1CCOCC1. The van der Waals surface area contributed by atoms with Crippen LogP contribution < -0.4 is 10.2 Å². The Hall–Kier alpha value is -3.96. The van der Waals surface area contributed by atoms with Crippen molar-refractivity contribution in [2.45, 2.75) is 0 Å². The van der Waals surface area contributed by atoms with Crippen LogP contribution in [0.25, 0.3) is 22.1 Å². The lowest BCUT2D eigenvalue weighted by Gasteiger charge is -2.30. The number of nitro benzene ring substituents is 1. The van der Waals surface area contributed by atoms with E-state index in [0.717, 1.165) is 0 Å². The monoisotopic (exact) mass is 466 g/mol. The second kappa shape index (κ2) is 8.88. The summed E-state index contributed by atoms with van der Waals surface area (Å²) in [7, 11) is 0. The minimum Gasteiger partial charge on any atom is -0.463 e. The number of ether oxygens (including phenoxy) is 1. The Morgan fingerprint density at radius 3 is 2.48 bits per heavy atom. The van der Waals surface area contributed by atoms with Crippen LogP contribution in [0.4, 0.5) is 16.5 Å². The van der Waals surface area contributed by atoms with Crippen LogP contribution in [0, 0.1) is 10.1 Å². The van der Waals surface area contributed by atoms with Gasteiger partial charge in [0, 0.05) is 25.2 Å². The third kappa shape index (κ3) is 4.23. The molecule has 1 fully saturated rings. The fraction of sp³-hybridized carbons (Fsp3) is 0.182. The number of anilines is 2. The Balaban J connectivity index is 1.50. The van der Waals surface area contributed by atoms with Crippen LogP contribution in [-0.2, 0) is 4.74 Å². The smallest absolute Gasteiger partial charge is 0.270 e. The summed E-state index contributed by atoms with van der Waals surface area (Å²) in [5.41, 5.74) is 1.17. The van der Waals surface area contributed by atoms with Gasteiger partial charge in [-0.1, -0.05) is 11.3 Å². The van der Waals surface area contributed by atoms with Gasteiger partial charge in [-0.3, -0.25) is 20.2 Å². The lowest BCUT2D eigenvalue weighted by Crippen LogP contribution is -2.37. The molecule has 0 bridgehead atoms. The first kappa shape index (κ1) is 20.9. The molecule has 10 nitrogen and oxygen atoms in total. The maximum atomic E-state index is 13.3. The summed E-state index contributed by atoms with van der Waals surface area (Å²) in [6.07, 6.45) is 3.09. The van der Waals surface area contributed by atoms with Gasteiger partial charge in [-0.2, -0.15) is 0 Å². The predicted molar refractivity (Wildman–Crippen MR) is 122 cm³/mol. The van der Waals surface area contributed by atoms with Crippen LogP contribution in [0.1, 0.15) is 10.4 Å². The molecule has 5 rings (SSSR count). The van der Waals surface area contributed by atoms with Gasteiger partial charge in [0.05, 0.1) is 41.9 Å². The second-order valence-electron chi connectivity index (χ2n) is 7.16. The van der Waals surface area contributed by atoms with Crippen molar-refractivity contribution in [2.24, 2.45) is 0 Å². The van der Waals surface area contributed by atoms with Crippen molar-refractivity contribution in [1.82, 2.24) is 4.98 Å². The van der Waals surface area contributed by atoms with E-state index in [9.17, 15) is 14.9 Å². The van der Waals surface area contributed by atoms with Crippen LogP contribution in [0.3, 0.4) is 0 Å². The summed E-state index contributed by atoms with van der Waals surface area (Å²) in [4.78, 5) is 31.3. The average Bonchev–Trinajstić information content (AvgIpc) is 3.60. The number of thiazole rings is 1. The molecule has 0 unspecified atom stereocenters. The number of nitrogens with one attached hydrogen (secondary N) is 1. The molecule has 0 atom stereocenters. The van der Waals surface area contributed by atoms with Gasteiger partial charge < -0.3 is 18.5 Å². The molecule has 33 heavy (non-hydrogen) atoms. The number of benzene rings is 1. The van der Waals surface area contributed by atoms with E-state index in [2.05, 4.69) is 10.3 Å². The number of hydrogen-bond acceptors (Lipinski definition) is 9. The number of non-ortho nitro benzene ring substituents is 1. The molecule has 1 saturated heterocycles. The zero-order valence-electron chi connectivity index (χ0n) is 17.2. The van der Waals surface area contributed by atoms with Crippen molar-refractivity contribution in [3.05, 3.63) is 70.7 Å². The van der Waals surface area contributed by atoms with Gasteiger partial charge >= 0.3 is 0 Å². The van der Waals surface area contributed by atoms with Crippen LogP contribution in [-0.4, -0.2) is 42.1 Å². The molecule has 168 valence electrons. The van der Waals surface area contributed by atoms with Gasteiger partial charge in [-0.05, 0) is 30.3 Å². The van der Waals surface area contributed by atoms with Crippen LogP contribution in [0.5, 0.6) is 0 Å². The van der Waals surface area contributed by atoms with Gasteiger partial charge in [0.1, 0.15) is 16.3 Å². The molecule has 11 heteroatoms. The van der Waals surface area contributed by atoms with E-state index >= 15 is 0 Å². The first-order valence-electron chi connectivity index (χ1n) is 10.1. The quantitative estimate of drug-likeness (QED) is 0.321. The predicted octanol–water partition coefficient (Wildman–Crippen LogP) is 4.66. The van der Waals surface area contributed by atoms with Crippen molar-refractivity contribution in [1.29, 1.82) is 0 Å². The molecule has 0 radical (unpaired) electrons. The molecular formula is C22H18N4O6S. The minimum absolute atomic E-state index is 0.163. The second-order valence-corrected chi connectivity index (χ2v) is 8.16. The maximum absolute atomic E-state index is 13.3. The fourth-order valence-corrected chi connectivity index (χ4v) is 4.53. The Morgan fingerprint density at radius 2 is 1.82 bits per heavy atom. The number of nitro groups is 1. The molecular weight excluding hydrogens is 448 g/mol. The summed E-state index contributed by atoms with van der Waals surface area (Å²) in [6, 6.07) is 11.4. The highest BCUT2D eigenvalue weighted by Gasteiger charge is 2.24. The van der Waals surface area contributed by atoms with E-state index in [1.165, 1.54) is 29.7 Å². The number of aromatic nitrogens is 1. The number of nitrogens with zero attached hydrogens (tertiary/aromatic N) is 3. The molecule has 1 aromatic carbocycles. The lowest BCUT2D eigenvalue weighted by atomic mass is 10.1. The number of rotatable bonds is 6. The Morgan fingerprint density at radius 1 is 1.09 bits per heavy atom. The topological polar surface area (TPSA) is 124 Å². The molecule has 0 aliphatic carbocycles. The summed E-state index contributed by atoms with van der Waals surface area (Å²) >= 11 is 1.23. The number of carbonyl (C=O) groups is 1. The first-order chi connectivity index (χ1) is 16.1. The highest BCUT2D eigenvalue weighted by atomic mass is 32.1. The number of carbonyl (C=O) groups excluding carboxylic acids is 1. The molecule has 4 aromatic rings. The molecule has 1 aliphatic heterocycles. The molecule has 4 heterocycles. The molecule has 1 N–H and O–H groups in total. The number of hydrogen-bond donors (Lipinski definition) is 1. The van der Waals surface area contributed by atoms with Gasteiger partial charge in [-0.25, -0.2) is 4.98 Å². The van der Waals surface area contributed by atoms with E-state index in [-0.39, 0.29) is 11.3 Å². The summed E-state index contributed by atoms with van der Waals surface area (Å²) in [6.45, 7) is 2.20. The van der Waals surface area contributed by atoms with Gasteiger partial charge in [-0.15, -0.1) is 0 Å². The zero-order valence-corrected chi connectivity index (χ0v) is 18.0. The Bertz CT molecular complexity index is 1220. The first-order valence-corrected chi connectivity index (χ1v) is 10.9. The Kier molecular flexibility index (Phi) is 5.63. The largest absolute Gasteiger partial charge is 0.463 e. The standard InChI is InChI=1S/C22H18N4O6S/c27-21(15-13-14(26(28)29)5-6-16(15)25-7-11-30-12-8-25)24-22-23-19(17-3-1-9-31-17)20(33-22)18-4-2-10-32-18/h1-6,9-10,13H,7-8,11-12H2,(H,23,24,27). The molecule has 1 aliphatic rings. The van der Waals surface area contributed by atoms with Crippen LogP contribution >= 0.6 is 11.3 Å². The van der Waals surface area contributed by atoms with E-state index in [4.69, 9.17) is 13.6 Å². The normalized spacial score (nSPS) is 13.8. The fourth-order valence-electron chi connectivity index (χ4n) is 3.59. The van der Waals surface area contributed by atoms with Crippen molar-refractivity contribution in [3.63, 3.8) is 0 Å².